The third kappa shape index (κ3) is 7.08. The first-order valence-electron chi connectivity index (χ1n) is 9.73. The van der Waals surface area contributed by atoms with Crippen LogP contribution in [0.1, 0.15) is 35.3 Å². The molecule has 32 heavy (non-hydrogen) atoms. The van der Waals surface area contributed by atoms with Gasteiger partial charge in [-0.1, -0.05) is 55.1 Å². The summed E-state index contributed by atoms with van der Waals surface area (Å²) in [6.07, 6.45) is 0. The van der Waals surface area contributed by atoms with Crippen LogP contribution in [0.5, 0.6) is 0 Å². The summed E-state index contributed by atoms with van der Waals surface area (Å²) in [4.78, 5) is 24.3. The molecule has 0 aliphatic carbocycles. The normalized spacial score (nSPS) is 10.4. The van der Waals surface area contributed by atoms with E-state index in [1.54, 1.807) is 36.4 Å². The van der Waals surface area contributed by atoms with Crippen LogP contribution in [0, 0.1) is 17.2 Å². The van der Waals surface area contributed by atoms with Gasteiger partial charge in [0.25, 0.3) is 0 Å². The van der Waals surface area contributed by atoms with E-state index in [-0.39, 0.29) is 11.9 Å². The monoisotopic (exact) mass is 467 g/mol. The van der Waals surface area contributed by atoms with Crippen LogP contribution in [0.3, 0.4) is 0 Å². The molecule has 2 amide bonds. The number of hydrogen-bond acceptors (Lipinski definition) is 8. The fourth-order valence-electron chi connectivity index (χ4n) is 2.50. The van der Waals surface area contributed by atoms with Crippen molar-refractivity contribution in [3.8, 4) is 6.07 Å². The third-order valence-corrected chi connectivity index (χ3v) is 5.99. The predicted molar refractivity (Wildman–Crippen MR) is 125 cm³/mol. The van der Waals surface area contributed by atoms with Gasteiger partial charge in [0.15, 0.2) is 4.34 Å². The van der Waals surface area contributed by atoms with Crippen LogP contribution in [-0.4, -0.2) is 28.8 Å². The highest BCUT2D eigenvalue weighted by atomic mass is 32.2. The molecule has 0 fully saturated rings. The molecular formula is C22H21N5O3S2. The Kier molecular flexibility index (Phi) is 8.19. The van der Waals surface area contributed by atoms with Crippen molar-refractivity contribution in [1.82, 2.24) is 10.2 Å². The molecule has 0 unspecified atom stereocenters. The number of rotatable bonds is 8. The van der Waals surface area contributed by atoms with Gasteiger partial charge in [0.2, 0.25) is 5.13 Å². The molecule has 8 nitrogen and oxygen atoms in total. The van der Waals surface area contributed by atoms with Crippen molar-refractivity contribution in [2.24, 2.45) is 5.92 Å². The quantitative estimate of drug-likeness (QED) is 0.267. The fourth-order valence-corrected chi connectivity index (χ4v) is 4.19. The van der Waals surface area contributed by atoms with Gasteiger partial charge in [-0.2, -0.15) is 5.26 Å². The van der Waals surface area contributed by atoms with Gasteiger partial charge in [0.05, 0.1) is 23.8 Å². The Hall–Kier alpha value is -3.42. The van der Waals surface area contributed by atoms with Gasteiger partial charge >= 0.3 is 12.0 Å². The summed E-state index contributed by atoms with van der Waals surface area (Å²) in [5, 5.41) is 22.6. The molecule has 0 atom stereocenters. The molecule has 3 rings (SSSR count). The molecule has 1 aromatic heterocycles. The smallest absolute Gasteiger partial charge is 0.338 e. The van der Waals surface area contributed by atoms with Gasteiger partial charge in [-0.25, -0.2) is 9.59 Å². The summed E-state index contributed by atoms with van der Waals surface area (Å²) in [5.74, 6) is 0.537. The Bertz CT molecular complexity index is 1140. The number of urea groups is 1. The fraction of sp³-hybridized carbons (Fsp3) is 0.227. The second kappa shape index (κ2) is 11.3. The average Bonchev–Trinajstić information content (AvgIpc) is 3.23. The Labute approximate surface area is 194 Å². The standard InChI is InChI=1S/C22H21N5O3S2/c1-14(2)12-30-19(28)17-7-3-6-16(9-17)13-31-22-27-26-21(32-22)25-20(29)24-18-8-4-5-15(10-18)11-23/h3-10,14H,12-13H2,1-2H3,(H2,24,25,26,29). The van der Waals surface area contributed by atoms with E-state index in [1.807, 2.05) is 32.0 Å². The number of carbonyl (C=O) groups excluding carboxylic acids is 2. The SMILES string of the molecule is CC(C)COC(=O)c1cccc(CSc2nnc(NC(=O)Nc3cccc(C#N)c3)s2)c1. The maximum Gasteiger partial charge on any atom is 0.338 e. The van der Waals surface area contributed by atoms with Crippen LogP contribution < -0.4 is 10.6 Å². The Morgan fingerprint density at radius 1 is 1.16 bits per heavy atom. The number of anilines is 2. The lowest BCUT2D eigenvalue weighted by molar-refractivity contribution is 0.0459. The van der Waals surface area contributed by atoms with Gasteiger partial charge in [-0.15, -0.1) is 10.2 Å². The number of nitrogens with one attached hydrogen (secondary N) is 2. The van der Waals surface area contributed by atoms with Crippen LogP contribution in [0.25, 0.3) is 0 Å². The average molecular weight is 468 g/mol. The maximum atomic E-state index is 12.1. The first-order chi connectivity index (χ1) is 15.4. The van der Waals surface area contributed by atoms with Crippen molar-refractivity contribution in [3.05, 3.63) is 65.2 Å². The number of amides is 2. The van der Waals surface area contributed by atoms with Gasteiger partial charge in [-0.3, -0.25) is 5.32 Å². The summed E-state index contributed by atoms with van der Waals surface area (Å²) in [5.41, 5.74) is 2.43. The Morgan fingerprint density at radius 3 is 2.75 bits per heavy atom. The van der Waals surface area contributed by atoms with Crippen molar-refractivity contribution in [1.29, 1.82) is 5.26 Å². The first-order valence-corrected chi connectivity index (χ1v) is 11.5. The van der Waals surface area contributed by atoms with Gasteiger partial charge in [0, 0.05) is 11.4 Å². The summed E-state index contributed by atoms with van der Waals surface area (Å²) < 4.78 is 5.96. The largest absolute Gasteiger partial charge is 0.462 e. The zero-order chi connectivity index (χ0) is 22.9. The summed E-state index contributed by atoms with van der Waals surface area (Å²) in [6, 6.07) is 15.4. The van der Waals surface area contributed by atoms with Crippen molar-refractivity contribution in [2.75, 3.05) is 17.2 Å². The number of nitrogens with zero attached hydrogens (tertiary/aromatic N) is 3. The molecule has 3 aromatic rings. The molecule has 0 bridgehead atoms. The van der Waals surface area contributed by atoms with E-state index in [9.17, 15) is 9.59 Å². The summed E-state index contributed by atoms with van der Waals surface area (Å²) >= 11 is 2.70. The highest BCUT2D eigenvalue weighted by molar-refractivity contribution is 8.00. The number of carbonyl (C=O) groups is 2. The minimum absolute atomic E-state index is 0.280. The minimum Gasteiger partial charge on any atom is -0.462 e. The summed E-state index contributed by atoms with van der Waals surface area (Å²) in [7, 11) is 0. The molecule has 0 aliphatic rings. The number of nitriles is 1. The topological polar surface area (TPSA) is 117 Å². The van der Waals surface area contributed by atoms with E-state index < -0.39 is 6.03 Å². The zero-order valence-electron chi connectivity index (χ0n) is 17.5. The number of esters is 1. The van der Waals surface area contributed by atoms with Gasteiger partial charge in [-0.05, 0) is 41.8 Å². The van der Waals surface area contributed by atoms with Crippen LogP contribution in [-0.2, 0) is 10.5 Å². The van der Waals surface area contributed by atoms with Crippen molar-refractivity contribution < 1.29 is 14.3 Å². The second-order valence-electron chi connectivity index (χ2n) is 7.13. The molecule has 2 N–H and O–H groups in total. The number of ether oxygens (including phenoxy) is 1. The third-order valence-electron chi connectivity index (χ3n) is 3.95. The van der Waals surface area contributed by atoms with Crippen LogP contribution >= 0.6 is 23.1 Å². The number of thioether (sulfide) groups is 1. The highest BCUT2D eigenvalue weighted by Crippen LogP contribution is 2.28. The molecule has 0 radical (unpaired) electrons. The maximum absolute atomic E-state index is 12.1. The van der Waals surface area contributed by atoms with Crippen molar-refractivity contribution in [3.63, 3.8) is 0 Å². The lowest BCUT2D eigenvalue weighted by Gasteiger charge is -2.08. The van der Waals surface area contributed by atoms with E-state index in [0.29, 0.717) is 38.6 Å². The molecular weight excluding hydrogens is 446 g/mol. The van der Waals surface area contributed by atoms with Crippen molar-refractivity contribution in [2.45, 2.75) is 23.9 Å². The first kappa shape index (κ1) is 23.2. The van der Waals surface area contributed by atoms with E-state index in [1.165, 1.54) is 23.1 Å². The Balaban J connectivity index is 1.52. The molecule has 10 heteroatoms. The number of hydrogen-bond donors (Lipinski definition) is 2. The highest BCUT2D eigenvalue weighted by Gasteiger charge is 2.11. The second-order valence-corrected chi connectivity index (χ2v) is 9.33. The molecule has 1 heterocycles. The van der Waals surface area contributed by atoms with Crippen molar-refractivity contribution >= 4 is 45.9 Å². The molecule has 164 valence electrons. The molecule has 0 saturated carbocycles. The van der Waals surface area contributed by atoms with E-state index in [2.05, 4.69) is 20.8 Å². The minimum atomic E-state index is -0.472. The molecule has 0 saturated heterocycles. The zero-order valence-corrected chi connectivity index (χ0v) is 19.1. The van der Waals surface area contributed by atoms with Crippen LogP contribution in [0.4, 0.5) is 15.6 Å². The van der Waals surface area contributed by atoms with E-state index >= 15 is 0 Å². The van der Waals surface area contributed by atoms with Crippen LogP contribution in [0.2, 0.25) is 0 Å². The number of aromatic nitrogens is 2. The summed E-state index contributed by atoms with van der Waals surface area (Å²) in [6.45, 7) is 4.36. The van der Waals surface area contributed by atoms with E-state index in [0.717, 1.165) is 5.56 Å². The Morgan fingerprint density at radius 2 is 1.97 bits per heavy atom. The number of benzene rings is 2. The lowest BCUT2D eigenvalue weighted by atomic mass is 10.1. The molecule has 0 spiro atoms. The van der Waals surface area contributed by atoms with Gasteiger partial charge in [0.1, 0.15) is 0 Å². The van der Waals surface area contributed by atoms with Crippen LogP contribution in [0.15, 0.2) is 52.9 Å². The molecule has 2 aromatic carbocycles. The predicted octanol–water partition coefficient (Wildman–Crippen LogP) is 5.16. The molecule has 0 aliphatic heterocycles. The van der Waals surface area contributed by atoms with Gasteiger partial charge < -0.3 is 10.1 Å². The van der Waals surface area contributed by atoms with E-state index in [4.69, 9.17) is 10.00 Å². The lowest BCUT2D eigenvalue weighted by Crippen LogP contribution is -2.19.